The predicted octanol–water partition coefficient (Wildman–Crippen LogP) is 4.56. The number of para-hydroxylation sites is 1. The van der Waals surface area contributed by atoms with Gasteiger partial charge in [-0.2, -0.15) is 0 Å². The smallest absolute Gasteiger partial charge is 0.122 e. The Balaban J connectivity index is 1.86. The number of nitrogens with two attached hydrogens (primary N) is 1. The van der Waals surface area contributed by atoms with Crippen LogP contribution in [0, 0.1) is 6.92 Å². The molecule has 3 rings (SSSR count). The van der Waals surface area contributed by atoms with Crippen molar-refractivity contribution in [2.75, 3.05) is 13.2 Å². The Bertz CT molecular complexity index is 850. The van der Waals surface area contributed by atoms with Crippen molar-refractivity contribution in [1.82, 2.24) is 4.57 Å². The number of fused-ring (bicyclic) bond motifs is 1. The van der Waals surface area contributed by atoms with Gasteiger partial charge in [0.1, 0.15) is 5.75 Å². The van der Waals surface area contributed by atoms with Crippen molar-refractivity contribution < 1.29 is 4.74 Å². The fourth-order valence-corrected chi connectivity index (χ4v) is 3.49. The van der Waals surface area contributed by atoms with Crippen LogP contribution < -0.4 is 10.5 Å². The first-order valence-corrected chi connectivity index (χ1v) is 9.10. The van der Waals surface area contributed by atoms with Gasteiger partial charge in [0.05, 0.1) is 6.61 Å². The van der Waals surface area contributed by atoms with E-state index in [4.69, 9.17) is 10.5 Å². The number of rotatable bonds is 7. The molecule has 0 aliphatic heterocycles. The third-order valence-electron chi connectivity index (χ3n) is 4.86. The fourth-order valence-electron chi connectivity index (χ4n) is 3.49. The summed E-state index contributed by atoms with van der Waals surface area (Å²) in [6, 6.07) is 15.0. The minimum absolute atomic E-state index is 0.310. The zero-order valence-electron chi connectivity index (χ0n) is 15.5. The lowest BCUT2D eigenvalue weighted by Gasteiger charge is -2.17. The zero-order valence-corrected chi connectivity index (χ0v) is 15.5. The summed E-state index contributed by atoms with van der Waals surface area (Å²) in [5, 5.41) is 1.32. The average Bonchev–Trinajstić information content (AvgIpc) is 2.95. The first kappa shape index (κ1) is 17.6. The van der Waals surface area contributed by atoms with Crippen molar-refractivity contribution in [3.05, 3.63) is 65.4 Å². The Labute approximate surface area is 150 Å². The van der Waals surface area contributed by atoms with Crippen LogP contribution in [0.15, 0.2) is 48.7 Å². The molecule has 1 aromatic heterocycles. The van der Waals surface area contributed by atoms with E-state index in [-0.39, 0.29) is 0 Å². The molecule has 0 aliphatic rings. The van der Waals surface area contributed by atoms with E-state index in [1.54, 1.807) is 0 Å². The Kier molecular flexibility index (Phi) is 5.44. The highest BCUT2D eigenvalue weighted by molar-refractivity contribution is 5.84. The summed E-state index contributed by atoms with van der Waals surface area (Å²) in [6.07, 6.45) is 4.21. The maximum Gasteiger partial charge on any atom is 0.122 e. The van der Waals surface area contributed by atoms with Gasteiger partial charge in [-0.25, -0.2) is 0 Å². The Hall–Kier alpha value is -2.26. The highest BCUT2D eigenvalue weighted by Crippen LogP contribution is 2.29. The van der Waals surface area contributed by atoms with E-state index in [2.05, 4.69) is 74.1 Å². The molecule has 0 saturated carbocycles. The van der Waals surface area contributed by atoms with Crippen LogP contribution in [0.1, 0.15) is 36.0 Å². The minimum atomic E-state index is 0.310. The predicted molar refractivity (Wildman–Crippen MR) is 105 cm³/mol. The maximum atomic E-state index is 6.13. The van der Waals surface area contributed by atoms with Gasteiger partial charge in [0.25, 0.3) is 0 Å². The molecule has 1 atom stereocenters. The summed E-state index contributed by atoms with van der Waals surface area (Å²) in [4.78, 5) is 0. The van der Waals surface area contributed by atoms with Gasteiger partial charge < -0.3 is 15.0 Å². The van der Waals surface area contributed by atoms with Gasteiger partial charge in [0.15, 0.2) is 0 Å². The highest BCUT2D eigenvalue weighted by Gasteiger charge is 2.15. The summed E-state index contributed by atoms with van der Waals surface area (Å²) in [7, 11) is 2.10. The van der Waals surface area contributed by atoms with Crippen molar-refractivity contribution in [3.63, 3.8) is 0 Å². The van der Waals surface area contributed by atoms with E-state index in [0.29, 0.717) is 12.5 Å². The molecule has 0 saturated heterocycles. The molecule has 0 aliphatic carbocycles. The second kappa shape index (κ2) is 7.75. The Morgan fingerprint density at radius 1 is 1.16 bits per heavy atom. The van der Waals surface area contributed by atoms with E-state index < -0.39 is 0 Å². The summed E-state index contributed by atoms with van der Waals surface area (Å²) >= 11 is 0. The van der Waals surface area contributed by atoms with Gasteiger partial charge >= 0.3 is 0 Å². The van der Waals surface area contributed by atoms with Gasteiger partial charge in [-0.1, -0.05) is 37.3 Å². The highest BCUT2D eigenvalue weighted by atomic mass is 16.5. The number of hydrogen-bond acceptors (Lipinski definition) is 2. The SMILES string of the molecule is CCCOc1ccc(C(CN)Cc2cn(C)c3ccccc23)cc1C. The molecule has 1 unspecified atom stereocenters. The van der Waals surface area contributed by atoms with Gasteiger partial charge in [-0.3, -0.25) is 0 Å². The third kappa shape index (κ3) is 3.72. The molecule has 3 aromatic rings. The normalized spacial score (nSPS) is 12.5. The molecule has 3 heteroatoms. The molecule has 132 valence electrons. The van der Waals surface area contributed by atoms with Crippen LogP contribution in [-0.4, -0.2) is 17.7 Å². The maximum absolute atomic E-state index is 6.13. The zero-order chi connectivity index (χ0) is 17.8. The van der Waals surface area contributed by atoms with Gasteiger partial charge in [-0.05, 0) is 55.1 Å². The van der Waals surface area contributed by atoms with Gasteiger partial charge in [-0.15, -0.1) is 0 Å². The van der Waals surface area contributed by atoms with E-state index in [1.807, 2.05) is 0 Å². The molecular formula is C22H28N2O. The molecule has 0 radical (unpaired) electrons. The molecule has 1 heterocycles. The molecular weight excluding hydrogens is 308 g/mol. The summed E-state index contributed by atoms with van der Waals surface area (Å²) in [6.45, 7) is 5.63. The van der Waals surface area contributed by atoms with Crippen LogP contribution in [0.3, 0.4) is 0 Å². The van der Waals surface area contributed by atoms with Crippen molar-refractivity contribution in [2.45, 2.75) is 32.6 Å². The lowest BCUT2D eigenvalue weighted by atomic mass is 9.91. The van der Waals surface area contributed by atoms with Crippen LogP contribution in [0.2, 0.25) is 0 Å². The molecule has 3 nitrogen and oxygen atoms in total. The molecule has 0 amide bonds. The summed E-state index contributed by atoms with van der Waals surface area (Å²) < 4.78 is 8.00. The number of nitrogens with zero attached hydrogens (tertiary/aromatic N) is 1. The first-order valence-electron chi connectivity index (χ1n) is 9.10. The standard InChI is InChI=1S/C22H28N2O/c1-4-11-25-22-10-9-17(12-16(22)2)18(14-23)13-19-15-24(3)21-8-6-5-7-20(19)21/h5-10,12,15,18H,4,11,13-14,23H2,1-3H3. The van der Waals surface area contributed by atoms with E-state index in [1.165, 1.54) is 27.6 Å². The number of ether oxygens (including phenoxy) is 1. The lowest BCUT2D eigenvalue weighted by Crippen LogP contribution is -2.15. The molecule has 0 bridgehead atoms. The molecule has 0 spiro atoms. The first-order chi connectivity index (χ1) is 12.1. The molecule has 25 heavy (non-hydrogen) atoms. The number of aromatic nitrogens is 1. The third-order valence-corrected chi connectivity index (χ3v) is 4.86. The minimum Gasteiger partial charge on any atom is -0.493 e. The van der Waals surface area contributed by atoms with Gasteiger partial charge in [0, 0.05) is 30.1 Å². The quantitative estimate of drug-likeness (QED) is 0.687. The van der Waals surface area contributed by atoms with Crippen LogP contribution in [0.4, 0.5) is 0 Å². The number of benzene rings is 2. The average molecular weight is 336 g/mol. The Morgan fingerprint density at radius 2 is 1.96 bits per heavy atom. The lowest BCUT2D eigenvalue weighted by molar-refractivity contribution is 0.315. The molecule has 2 N–H and O–H groups in total. The summed E-state index contributed by atoms with van der Waals surface area (Å²) in [5.41, 5.74) is 11.2. The van der Waals surface area contributed by atoms with Crippen LogP contribution in [0.25, 0.3) is 10.9 Å². The van der Waals surface area contributed by atoms with E-state index in [0.717, 1.165) is 25.2 Å². The second-order valence-electron chi connectivity index (χ2n) is 6.79. The largest absolute Gasteiger partial charge is 0.493 e. The van der Waals surface area contributed by atoms with Crippen molar-refractivity contribution in [1.29, 1.82) is 0 Å². The van der Waals surface area contributed by atoms with Crippen LogP contribution >= 0.6 is 0 Å². The monoisotopic (exact) mass is 336 g/mol. The van der Waals surface area contributed by atoms with Crippen LogP contribution in [-0.2, 0) is 13.5 Å². The van der Waals surface area contributed by atoms with Gasteiger partial charge in [0.2, 0.25) is 0 Å². The van der Waals surface area contributed by atoms with E-state index >= 15 is 0 Å². The second-order valence-corrected chi connectivity index (χ2v) is 6.79. The molecule has 2 aromatic carbocycles. The number of aryl methyl sites for hydroxylation is 2. The molecule has 0 fully saturated rings. The van der Waals surface area contributed by atoms with Crippen LogP contribution in [0.5, 0.6) is 5.75 Å². The fraction of sp³-hybridized carbons (Fsp3) is 0.364. The Morgan fingerprint density at radius 3 is 2.68 bits per heavy atom. The topological polar surface area (TPSA) is 40.2 Å². The summed E-state index contributed by atoms with van der Waals surface area (Å²) in [5.74, 6) is 1.29. The van der Waals surface area contributed by atoms with Crippen molar-refractivity contribution in [2.24, 2.45) is 12.8 Å². The van der Waals surface area contributed by atoms with Crippen molar-refractivity contribution in [3.8, 4) is 5.75 Å². The van der Waals surface area contributed by atoms with E-state index in [9.17, 15) is 0 Å². The van der Waals surface area contributed by atoms with Crippen molar-refractivity contribution >= 4 is 10.9 Å². The number of hydrogen-bond donors (Lipinski definition) is 1.